The lowest BCUT2D eigenvalue weighted by Crippen LogP contribution is -2.26. The minimum atomic E-state index is -0.316. The van der Waals surface area contributed by atoms with E-state index < -0.39 is 0 Å². The number of nitrogens with two attached hydrogens (primary N) is 3. The summed E-state index contributed by atoms with van der Waals surface area (Å²) in [5, 5.41) is 0.315. The van der Waals surface area contributed by atoms with Crippen molar-refractivity contribution in [2.24, 2.45) is 27.2 Å². The molecule has 23 heavy (non-hydrogen) atoms. The van der Waals surface area contributed by atoms with Gasteiger partial charge in [0.15, 0.2) is 5.96 Å². The highest BCUT2D eigenvalue weighted by Gasteiger charge is 2.04. The molecule has 0 aliphatic carbocycles. The highest BCUT2D eigenvalue weighted by molar-refractivity contribution is 6.33. The number of guanidine groups is 2. The molecule has 0 atom stereocenters. The van der Waals surface area contributed by atoms with Gasteiger partial charge in [-0.2, -0.15) is 4.99 Å². The lowest BCUT2D eigenvalue weighted by molar-refractivity contribution is 0.305. The van der Waals surface area contributed by atoms with Gasteiger partial charge in [-0.1, -0.05) is 23.7 Å². The van der Waals surface area contributed by atoms with E-state index in [1.54, 1.807) is 30.3 Å². The minimum Gasteiger partial charge on any atom is -0.489 e. The van der Waals surface area contributed by atoms with Gasteiger partial charge in [-0.05, 0) is 29.8 Å². The van der Waals surface area contributed by atoms with Crippen molar-refractivity contribution in [2.45, 2.75) is 6.61 Å². The highest BCUT2D eigenvalue weighted by atomic mass is 35.5. The molecule has 2 rings (SSSR count). The number of nitrogens with zero attached hydrogens (tertiary/aromatic N) is 2. The second-order valence-corrected chi connectivity index (χ2v) is 4.95. The Morgan fingerprint density at radius 3 is 2.57 bits per heavy atom. The summed E-state index contributed by atoms with van der Waals surface area (Å²) in [6.07, 6.45) is 0. The van der Waals surface area contributed by atoms with E-state index in [4.69, 9.17) is 33.5 Å². The first-order chi connectivity index (χ1) is 10.9. The van der Waals surface area contributed by atoms with E-state index in [1.807, 2.05) is 0 Å². The van der Waals surface area contributed by atoms with Crippen LogP contribution in [0.15, 0.2) is 52.4 Å². The van der Waals surface area contributed by atoms with E-state index in [0.717, 1.165) is 0 Å². The molecule has 0 aliphatic heterocycles. The Labute approximate surface area is 137 Å². The smallest absolute Gasteiger partial charge is 0.223 e. The zero-order valence-corrected chi connectivity index (χ0v) is 12.8. The minimum absolute atomic E-state index is 0.111. The molecule has 0 bridgehead atoms. The number of aliphatic imine (C=N–C) groups is 2. The average Bonchev–Trinajstić information content (AvgIpc) is 2.47. The zero-order valence-electron chi connectivity index (χ0n) is 12.0. The van der Waals surface area contributed by atoms with Gasteiger partial charge in [0.1, 0.15) is 18.2 Å². The molecule has 0 saturated carbocycles. The topological polar surface area (TPSA) is 112 Å². The van der Waals surface area contributed by atoms with Gasteiger partial charge < -0.3 is 21.9 Å². The molecule has 0 amide bonds. The van der Waals surface area contributed by atoms with Gasteiger partial charge >= 0.3 is 0 Å². The maximum absolute atomic E-state index is 13.1. The summed E-state index contributed by atoms with van der Waals surface area (Å²) in [5.41, 5.74) is 17.0. The van der Waals surface area contributed by atoms with Crippen LogP contribution in [0.1, 0.15) is 5.56 Å². The van der Waals surface area contributed by atoms with E-state index in [0.29, 0.717) is 22.0 Å². The fourth-order valence-corrected chi connectivity index (χ4v) is 1.95. The molecule has 120 valence electrons. The number of halogens is 2. The molecule has 2 aromatic rings. The summed E-state index contributed by atoms with van der Waals surface area (Å²) in [5.74, 6) is -0.111. The molecule has 0 unspecified atom stereocenters. The molecule has 0 radical (unpaired) electrons. The van der Waals surface area contributed by atoms with Crippen LogP contribution in [0.3, 0.4) is 0 Å². The lowest BCUT2D eigenvalue weighted by Gasteiger charge is -2.08. The Kier molecular flexibility index (Phi) is 5.37. The van der Waals surface area contributed by atoms with Crippen molar-refractivity contribution in [3.63, 3.8) is 0 Å². The number of ether oxygens (including phenoxy) is 1. The number of rotatable bonds is 4. The Hall–Kier alpha value is -2.80. The molecular formula is C15H15ClFN5O. The van der Waals surface area contributed by atoms with Crippen molar-refractivity contribution >= 4 is 29.2 Å². The predicted octanol–water partition coefficient (Wildman–Crippen LogP) is 2.28. The fraction of sp³-hybridized carbons (Fsp3) is 0.0667. The van der Waals surface area contributed by atoms with Gasteiger partial charge in [-0.15, -0.1) is 0 Å². The summed E-state index contributed by atoms with van der Waals surface area (Å²) in [7, 11) is 0. The lowest BCUT2D eigenvalue weighted by atomic mass is 10.2. The van der Waals surface area contributed by atoms with Crippen molar-refractivity contribution in [1.82, 2.24) is 0 Å². The molecule has 0 aromatic heterocycles. The van der Waals surface area contributed by atoms with Crippen molar-refractivity contribution in [3.8, 4) is 5.75 Å². The summed E-state index contributed by atoms with van der Waals surface area (Å²) >= 11 is 6.10. The Bertz CT molecular complexity index is 759. The molecular weight excluding hydrogens is 321 g/mol. The maximum atomic E-state index is 13.1. The van der Waals surface area contributed by atoms with Crippen LogP contribution in [-0.4, -0.2) is 11.9 Å². The third kappa shape index (κ3) is 5.15. The van der Waals surface area contributed by atoms with Gasteiger partial charge in [-0.3, -0.25) is 0 Å². The summed E-state index contributed by atoms with van der Waals surface area (Å²) in [6, 6.07) is 11.0. The van der Waals surface area contributed by atoms with Crippen LogP contribution in [0.2, 0.25) is 5.02 Å². The average molecular weight is 336 g/mol. The van der Waals surface area contributed by atoms with Gasteiger partial charge in [0.05, 0.1) is 10.7 Å². The van der Waals surface area contributed by atoms with Gasteiger partial charge in [0.25, 0.3) is 0 Å². The third-order valence-corrected chi connectivity index (χ3v) is 3.00. The second-order valence-electron chi connectivity index (χ2n) is 4.54. The molecule has 6 nitrogen and oxygen atoms in total. The summed E-state index contributed by atoms with van der Waals surface area (Å²) in [4.78, 5) is 7.57. The standard InChI is InChI=1S/C15H15ClFN5O/c16-12-7-11(23-8-9-2-1-3-10(17)6-9)4-5-13(12)21-15(20)22-14(18)19/h1-7H,8H2,(H6,18,19,20,21,22). The molecule has 0 fully saturated rings. The first-order valence-corrected chi connectivity index (χ1v) is 6.92. The quantitative estimate of drug-likeness (QED) is 0.587. The molecule has 0 spiro atoms. The highest BCUT2D eigenvalue weighted by Crippen LogP contribution is 2.29. The van der Waals surface area contributed by atoms with Crippen molar-refractivity contribution in [2.75, 3.05) is 0 Å². The van der Waals surface area contributed by atoms with Crippen molar-refractivity contribution in [3.05, 3.63) is 58.9 Å². The van der Waals surface area contributed by atoms with Crippen molar-refractivity contribution < 1.29 is 9.13 Å². The number of hydrogen-bond donors (Lipinski definition) is 3. The van der Waals surface area contributed by atoms with E-state index in [9.17, 15) is 4.39 Å². The molecule has 6 N–H and O–H groups in total. The molecule has 8 heteroatoms. The zero-order chi connectivity index (χ0) is 16.8. The van der Waals surface area contributed by atoms with E-state index in [1.165, 1.54) is 12.1 Å². The molecule has 2 aromatic carbocycles. The molecule has 0 aliphatic rings. The SMILES string of the molecule is NC(N)=NC(N)=Nc1ccc(OCc2cccc(F)c2)cc1Cl. The van der Waals surface area contributed by atoms with E-state index >= 15 is 0 Å². The monoisotopic (exact) mass is 335 g/mol. The van der Waals surface area contributed by atoms with E-state index in [-0.39, 0.29) is 24.3 Å². The van der Waals surface area contributed by atoms with Crippen LogP contribution in [-0.2, 0) is 6.61 Å². The molecule has 0 saturated heterocycles. The predicted molar refractivity (Wildman–Crippen MR) is 89.3 cm³/mol. The van der Waals surface area contributed by atoms with Crippen LogP contribution in [0.4, 0.5) is 10.1 Å². The Balaban J connectivity index is 2.09. The van der Waals surface area contributed by atoms with Crippen LogP contribution >= 0.6 is 11.6 Å². The number of hydrogen-bond acceptors (Lipinski definition) is 2. The first kappa shape index (κ1) is 16.6. The fourth-order valence-electron chi connectivity index (χ4n) is 1.74. The van der Waals surface area contributed by atoms with Gasteiger partial charge in [0, 0.05) is 6.07 Å². The number of benzene rings is 2. The third-order valence-electron chi connectivity index (χ3n) is 2.69. The van der Waals surface area contributed by atoms with Crippen LogP contribution < -0.4 is 21.9 Å². The van der Waals surface area contributed by atoms with Crippen LogP contribution in [0, 0.1) is 5.82 Å². The van der Waals surface area contributed by atoms with Gasteiger partial charge in [-0.25, -0.2) is 9.38 Å². The second kappa shape index (κ2) is 7.46. The largest absolute Gasteiger partial charge is 0.489 e. The maximum Gasteiger partial charge on any atom is 0.223 e. The van der Waals surface area contributed by atoms with Gasteiger partial charge in [0.2, 0.25) is 5.96 Å². The van der Waals surface area contributed by atoms with Crippen LogP contribution in [0.25, 0.3) is 0 Å². The molecule has 0 heterocycles. The summed E-state index contributed by atoms with van der Waals surface area (Å²) < 4.78 is 18.6. The normalized spacial score (nSPS) is 11.1. The first-order valence-electron chi connectivity index (χ1n) is 6.54. The van der Waals surface area contributed by atoms with Crippen molar-refractivity contribution in [1.29, 1.82) is 0 Å². The Morgan fingerprint density at radius 2 is 1.91 bits per heavy atom. The summed E-state index contributed by atoms with van der Waals surface area (Å²) in [6.45, 7) is 0.215. The Morgan fingerprint density at radius 1 is 1.13 bits per heavy atom. The van der Waals surface area contributed by atoms with E-state index in [2.05, 4.69) is 9.98 Å². The van der Waals surface area contributed by atoms with Crippen LogP contribution in [0.5, 0.6) is 5.75 Å².